The minimum absolute atomic E-state index is 0.110. The van der Waals surface area contributed by atoms with Crippen LogP contribution in [0.3, 0.4) is 0 Å². The molecule has 0 aliphatic heterocycles. The second kappa shape index (κ2) is 14.8. The summed E-state index contributed by atoms with van der Waals surface area (Å²) < 4.78 is 0. The zero-order valence-electron chi connectivity index (χ0n) is 34.4. The quantitative estimate of drug-likeness (QED) is 0.0772. The van der Waals surface area contributed by atoms with Crippen LogP contribution in [0.2, 0.25) is 0 Å². The highest BCUT2D eigenvalue weighted by molar-refractivity contribution is 6.32. The number of ketones is 5. The van der Waals surface area contributed by atoms with Gasteiger partial charge in [-0.3, -0.25) is 39.0 Å². The van der Waals surface area contributed by atoms with E-state index >= 15 is 0 Å². The second-order valence-electron chi connectivity index (χ2n) is 18.9. The van der Waals surface area contributed by atoms with Gasteiger partial charge in [-0.2, -0.15) is 0 Å². The molecule has 0 saturated heterocycles. The summed E-state index contributed by atoms with van der Waals surface area (Å²) >= 11 is 0. The number of nitrogens with one attached hydrogen (secondary N) is 2. The van der Waals surface area contributed by atoms with Gasteiger partial charge in [-0.1, -0.05) is 42.0 Å². The number of aliphatic hydroxyl groups is 3. The largest absolute Gasteiger partial charge is 0.507 e. The molecular weight excluding hydrogens is 755 g/mol. The molecule has 4 saturated carbocycles. The monoisotopic (exact) mass is 811 g/mol. The first-order chi connectivity index (χ1) is 27.9. The number of benzene rings is 1. The zero-order valence-corrected chi connectivity index (χ0v) is 34.4. The second-order valence-corrected chi connectivity index (χ2v) is 18.9. The molecule has 0 heterocycles. The molecule has 316 valence electrons. The summed E-state index contributed by atoms with van der Waals surface area (Å²) in [6.45, 7) is 3.74. The van der Waals surface area contributed by atoms with E-state index in [4.69, 9.17) is 0 Å². The van der Waals surface area contributed by atoms with E-state index in [0.29, 0.717) is 55.8 Å². The fraction of sp³-hybridized carbons (Fsp3) is 0.652. The number of phenols is 1. The van der Waals surface area contributed by atoms with E-state index in [1.807, 2.05) is 0 Å². The lowest BCUT2D eigenvalue weighted by Gasteiger charge is -2.55. The van der Waals surface area contributed by atoms with Crippen LogP contribution in [0, 0.1) is 58.7 Å². The molecule has 7 aliphatic rings. The number of fused-ring (bicyclic) bond motifs is 7. The summed E-state index contributed by atoms with van der Waals surface area (Å²) in [5, 5.41) is 52.2. The van der Waals surface area contributed by atoms with Crippen LogP contribution in [0.15, 0.2) is 29.3 Å². The van der Waals surface area contributed by atoms with E-state index in [-0.39, 0.29) is 29.6 Å². The maximum Gasteiger partial charge on any atom is 0.239 e. The molecular formula is C46H57N3O10. The van der Waals surface area contributed by atoms with Gasteiger partial charge in [0.05, 0.1) is 29.8 Å². The molecule has 59 heavy (non-hydrogen) atoms. The highest BCUT2D eigenvalue weighted by Gasteiger charge is 2.71. The van der Waals surface area contributed by atoms with Crippen LogP contribution in [0.5, 0.6) is 5.75 Å². The fourth-order valence-electron chi connectivity index (χ4n) is 13.4. The summed E-state index contributed by atoms with van der Waals surface area (Å²) in [7, 11) is 3.06. The van der Waals surface area contributed by atoms with Crippen molar-refractivity contribution in [3.8, 4) is 17.6 Å². The van der Waals surface area contributed by atoms with Crippen LogP contribution in [0.25, 0.3) is 0 Å². The lowest BCUT2D eigenvalue weighted by Crippen LogP contribution is -2.75. The smallest absolute Gasteiger partial charge is 0.239 e. The summed E-state index contributed by atoms with van der Waals surface area (Å²) in [6.07, 6.45) is 8.62. The van der Waals surface area contributed by atoms with E-state index < -0.39 is 81.3 Å². The Morgan fingerprint density at radius 1 is 0.949 bits per heavy atom. The van der Waals surface area contributed by atoms with Crippen LogP contribution < -0.4 is 10.6 Å². The fourth-order valence-corrected chi connectivity index (χ4v) is 13.4. The van der Waals surface area contributed by atoms with E-state index in [1.54, 1.807) is 0 Å². The molecule has 1 amide bonds. The van der Waals surface area contributed by atoms with E-state index in [9.17, 15) is 49.2 Å². The predicted octanol–water partition coefficient (Wildman–Crippen LogP) is 2.51. The van der Waals surface area contributed by atoms with Gasteiger partial charge in [-0.25, -0.2) is 0 Å². The van der Waals surface area contributed by atoms with Gasteiger partial charge in [0, 0.05) is 43.1 Å². The summed E-state index contributed by atoms with van der Waals surface area (Å²) in [6, 6.07) is 2.91. The highest BCUT2D eigenvalue weighted by Crippen LogP contribution is 2.66. The minimum atomic E-state index is -2.88. The first-order valence-electron chi connectivity index (χ1n) is 21.5. The number of likely N-dealkylation sites (N-methyl/N-ethyl adjacent to an activating group) is 1. The molecule has 0 aromatic heterocycles. The Balaban J connectivity index is 0.914. The molecule has 0 spiro atoms. The lowest BCUT2D eigenvalue weighted by molar-refractivity contribution is -0.188. The first kappa shape index (κ1) is 41.7. The van der Waals surface area contributed by atoms with Crippen molar-refractivity contribution in [2.24, 2.45) is 46.8 Å². The average molecular weight is 812 g/mol. The third-order valence-corrected chi connectivity index (χ3v) is 16.1. The van der Waals surface area contributed by atoms with Crippen molar-refractivity contribution in [3.05, 3.63) is 40.5 Å². The topological polar surface area (TPSA) is 211 Å². The summed E-state index contributed by atoms with van der Waals surface area (Å²) in [5.41, 5.74) is -3.36. The van der Waals surface area contributed by atoms with E-state index in [1.165, 1.54) is 55.3 Å². The molecule has 6 N–H and O–H groups in total. The number of nitrogens with zero attached hydrogens (tertiary/aromatic N) is 1. The summed E-state index contributed by atoms with van der Waals surface area (Å²) in [4.78, 5) is 83.5. The Bertz CT molecular complexity index is 2110. The molecule has 4 fully saturated rings. The van der Waals surface area contributed by atoms with Crippen molar-refractivity contribution in [1.82, 2.24) is 15.5 Å². The summed E-state index contributed by atoms with van der Waals surface area (Å²) in [5.74, 6) is -3.62. The van der Waals surface area contributed by atoms with Crippen molar-refractivity contribution in [1.29, 1.82) is 0 Å². The van der Waals surface area contributed by atoms with Gasteiger partial charge in [0.25, 0.3) is 0 Å². The Morgan fingerprint density at radius 3 is 2.44 bits per heavy atom. The van der Waals surface area contributed by atoms with Crippen LogP contribution in [0.4, 0.5) is 0 Å². The van der Waals surface area contributed by atoms with Gasteiger partial charge >= 0.3 is 0 Å². The number of carbonyl (C=O) groups is 6. The number of hydrogen-bond donors (Lipinski definition) is 6. The molecule has 13 nitrogen and oxygen atoms in total. The number of amides is 1. The number of phenolic OH excluding ortho intramolecular Hbond substituents is 1. The molecule has 13 heteroatoms. The number of allylic oxidation sites excluding steroid dienone is 2. The van der Waals surface area contributed by atoms with Crippen molar-refractivity contribution >= 4 is 34.8 Å². The van der Waals surface area contributed by atoms with Crippen molar-refractivity contribution in [2.75, 3.05) is 27.3 Å². The maximum absolute atomic E-state index is 14.3. The average Bonchev–Trinajstić information content (AvgIpc) is 3.49. The van der Waals surface area contributed by atoms with Gasteiger partial charge in [-0.05, 0) is 108 Å². The number of rotatable bonds is 7. The van der Waals surface area contributed by atoms with E-state index in [2.05, 4.69) is 29.4 Å². The Hall–Kier alpha value is -4.06. The lowest BCUT2D eigenvalue weighted by atomic mass is 9.49. The third-order valence-electron chi connectivity index (χ3n) is 16.1. The first-order valence-corrected chi connectivity index (χ1v) is 21.5. The molecule has 0 bridgehead atoms. The Kier molecular flexibility index (Phi) is 10.5. The van der Waals surface area contributed by atoms with Crippen LogP contribution >= 0.6 is 0 Å². The van der Waals surface area contributed by atoms with Gasteiger partial charge in [0.1, 0.15) is 17.1 Å². The van der Waals surface area contributed by atoms with Crippen LogP contribution in [-0.2, 0) is 29.6 Å². The van der Waals surface area contributed by atoms with Gasteiger partial charge in [-0.15, -0.1) is 0 Å². The Labute approximate surface area is 344 Å². The molecule has 1 aromatic carbocycles. The van der Waals surface area contributed by atoms with Gasteiger partial charge in [0.2, 0.25) is 5.91 Å². The van der Waals surface area contributed by atoms with Gasteiger partial charge < -0.3 is 25.7 Å². The van der Waals surface area contributed by atoms with Crippen molar-refractivity contribution in [3.63, 3.8) is 0 Å². The maximum atomic E-state index is 14.3. The molecule has 0 radical (unpaired) electrons. The van der Waals surface area contributed by atoms with Crippen LogP contribution in [0.1, 0.15) is 107 Å². The molecule has 7 aliphatic carbocycles. The number of aromatic hydroxyl groups is 1. The molecule has 1 aromatic rings. The molecule has 8 rings (SSSR count). The molecule has 12 unspecified atom stereocenters. The predicted molar refractivity (Wildman–Crippen MR) is 213 cm³/mol. The zero-order chi connectivity index (χ0) is 42.4. The van der Waals surface area contributed by atoms with E-state index in [0.717, 1.165) is 44.9 Å². The van der Waals surface area contributed by atoms with Crippen LogP contribution in [-0.4, -0.2) is 105 Å². The number of Topliss-reactive ketones (excluding diaryl/α,β-unsaturated/α-hetero) is 5. The number of carbonyl (C=O) groups excluding carboxylic acids is 6. The van der Waals surface area contributed by atoms with Crippen molar-refractivity contribution < 1.29 is 49.2 Å². The SMILES string of the molecule is CCC12CCC3C4=C(CCC3C1CCC2(O)C#CCCNCNC(=O)C1C(=O)C(N(C)C)C2CC3C(C(=O)c5c(O)cccc5C3(C)O)C(=O)C2(O)C1=O)CC(=O)CC4. The minimum Gasteiger partial charge on any atom is -0.507 e. The Morgan fingerprint density at radius 2 is 1.71 bits per heavy atom. The normalized spacial score (nSPS) is 40.0. The van der Waals surface area contributed by atoms with Crippen molar-refractivity contribution in [2.45, 2.75) is 114 Å². The third kappa shape index (κ3) is 6.06. The molecule has 12 atom stereocenters. The number of hydrogen-bond acceptors (Lipinski definition) is 12. The van der Waals surface area contributed by atoms with Gasteiger partial charge in [0.15, 0.2) is 34.7 Å². The highest BCUT2D eigenvalue weighted by atomic mass is 16.3. The standard InChI is InChI=1S/C46H57N3O10/c1-5-44-18-15-27-26-14-12-25(50)21-24(26)11-13-28(27)29(44)16-19-45(44,58)17-6-7-20-47-23-48-42(56)36-39(53)37(49(3)4)32-22-31-35(40(54)46(32,59)41(36)55)38(52)34-30(43(31,2)57)9-8-10-33(34)51/h8-10,27-29,31-32,35-37,47,51,57-59H,5,7,11-16,18-23H2,1-4H3,(H,48,56).